The van der Waals surface area contributed by atoms with Gasteiger partial charge in [-0.1, -0.05) is 18.0 Å². The largest absolute Gasteiger partial charge is 0.490 e. The van der Waals surface area contributed by atoms with Gasteiger partial charge in [-0.3, -0.25) is 4.79 Å². The molecule has 2 aromatic rings. The maximum Gasteiger partial charge on any atom is 0.410 e. The van der Waals surface area contributed by atoms with Gasteiger partial charge in [-0.25, -0.2) is 4.79 Å². The number of carboxylic acids is 1. The normalized spacial score (nSPS) is 23.0. The summed E-state index contributed by atoms with van der Waals surface area (Å²) >= 11 is 0. The zero-order valence-electron chi connectivity index (χ0n) is 20.2. The number of amides is 1. The lowest BCUT2D eigenvalue weighted by molar-refractivity contribution is -0.151. The van der Waals surface area contributed by atoms with E-state index in [2.05, 4.69) is 5.16 Å². The number of rotatable bonds is 7. The Morgan fingerprint density at radius 1 is 1.18 bits per heavy atom. The second-order valence-electron chi connectivity index (χ2n) is 9.91. The van der Waals surface area contributed by atoms with Gasteiger partial charge < -0.3 is 24.0 Å². The average molecular weight is 471 g/mol. The van der Waals surface area contributed by atoms with Crippen LogP contribution in [0.1, 0.15) is 69.5 Å². The molecule has 1 aromatic heterocycles. The monoisotopic (exact) mass is 470 g/mol. The van der Waals surface area contributed by atoms with Crippen molar-refractivity contribution in [1.29, 1.82) is 0 Å². The van der Waals surface area contributed by atoms with Crippen LogP contribution in [0.5, 0.6) is 5.75 Å². The highest BCUT2D eigenvalue weighted by Crippen LogP contribution is 2.38. The van der Waals surface area contributed by atoms with E-state index in [9.17, 15) is 14.7 Å². The average Bonchev–Trinajstić information content (AvgIpc) is 3.48. The zero-order chi connectivity index (χ0) is 24.3. The van der Waals surface area contributed by atoms with Crippen LogP contribution in [0.3, 0.4) is 0 Å². The molecule has 34 heavy (non-hydrogen) atoms. The molecule has 1 amide bonds. The molecule has 0 spiro atoms. The summed E-state index contributed by atoms with van der Waals surface area (Å²) in [5.74, 6) is 0.488. The van der Waals surface area contributed by atoms with Crippen molar-refractivity contribution < 1.29 is 28.7 Å². The highest BCUT2D eigenvalue weighted by atomic mass is 16.6. The van der Waals surface area contributed by atoms with Gasteiger partial charge in [0.2, 0.25) is 0 Å². The zero-order valence-corrected chi connectivity index (χ0v) is 20.2. The summed E-state index contributed by atoms with van der Waals surface area (Å²) in [6.45, 7) is 3.71. The molecule has 1 heterocycles. The summed E-state index contributed by atoms with van der Waals surface area (Å²) in [5.41, 5.74) is 1.49. The van der Waals surface area contributed by atoms with E-state index in [0.717, 1.165) is 49.7 Å². The van der Waals surface area contributed by atoms with Gasteiger partial charge in [0.15, 0.2) is 5.76 Å². The third kappa shape index (κ3) is 5.21. The van der Waals surface area contributed by atoms with Crippen LogP contribution in [0, 0.1) is 12.3 Å². The predicted molar refractivity (Wildman–Crippen MR) is 126 cm³/mol. The molecule has 8 heteroatoms. The highest BCUT2D eigenvalue weighted by Gasteiger charge is 2.39. The Kier molecular flexibility index (Phi) is 7.14. The Morgan fingerprint density at radius 3 is 2.56 bits per heavy atom. The van der Waals surface area contributed by atoms with Gasteiger partial charge in [-0.15, -0.1) is 0 Å². The first-order valence-electron chi connectivity index (χ1n) is 12.1. The van der Waals surface area contributed by atoms with Crippen LogP contribution in [-0.4, -0.2) is 46.4 Å². The lowest BCUT2D eigenvalue weighted by Crippen LogP contribution is -2.37. The number of hydrogen-bond acceptors (Lipinski definition) is 6. The maximum absolute atomic E-state index is 12.5. The van der Waals surface area contributed by atoms with Crippen LogP contribution < -0.4 is 4.74 Å². The number of benzene rings is 1. The first-order chi connectivity index (χ1) is 16.3. The molecule has 2 saturated carbocycles. The van der Waals surface area contributed by atoms with Crippen molar-refractivity contribution in [3.05, 3.63) is 35.5 Å². The number of aryl methyl sites for hydroxylation is 1. The van der Waals surface area contributed by atoms with Gasteiger partial charge in [0.25, 0.3) is 0 Å². The molecule has 8 nitrogen and oxygen atoms in total. The first kappa shape index (κ1) is 24.1. The molecule has 2 fully saturated rings. The predicted octanol–water partition coefficient (Wildman–Crippen LogP) is 5.57. The number of carboxylic acid groups (broad SMARTS) is 1. The Morgan fingerprint density at radius 2 is 1.88 bits per heavy atom. The lowest BCUT2D eigenvalue weighted by Gasteiger charge is -2.34. The Labute approximate surface area is 200 Å². The third-order valence-electron chi connectivity index (χ3n) is 7.35. The van der Waals surface area contributed by atoms with E-state index >= 15 is 0 Å². The number of hydrogen-bond donors (Lipinski definition) is 1. The first-order valence-corrected chi connectivity index (χ1v) is 12.1. The number of aromatic nitrogens is 1. The smallest absolute Gasteiger partial charge is 0.410 e. The quantitative estimate of drug-likeness (QED) is 0.564. The summed E-state index contributed by atoms with van der Waals surface area (Å²) in [7, 11) is 1.80. The second-order valence-corrected chi connectivity index (χ2v) is 9.91. The molecule has 0 aliphatic heterocycles. The van der Waals surface area contributed by atoms with Gasteiger partial charge in [-0.2, -0.15) is 0 Å². The molecule has 0 radical (unpaired) electrons. The Bertz CT molecular complexity index is 1010. The van der Waals surface area contributed by atoms with Crippen LogP contribution in [0.2, 0.25) is 0 Å². The summed E-state index contributed by atoms with van der Waals surface area (Å²) in [5, 5.41) is 13.6. The van der Waals surface area contributed by atoms with E-state index in [1.54, 1.807) is 18.9 Å². The Hall–Kier alpha value is -3.03. The number of ether oxygens (including phenoxy) is 2. The van der Waals surface area contributed by atoms with E-state index in [0.29, 0.717) is 30.0 Å². The van der Waals surface area contributed by atoms with E-state index in [1.807, 2.05) is 31.2 Å². The minimum Gasteiger partial charge on any atom is -0.490 e. The molecular formula is C26H34N2O6. The SMILES string of the molecule is Cc1noc(-c2ccc(OC3CCCC(C)(C(=O)O)C3)cc2)c1COC(=O)N(C)C1CCCC1. The van der Waals surface area contributed by atoms with Crippen molar-refractivity contribution >= 4 is 12.1 Å². The van der Waals surface area contributed by atoms with Gasteiger partial charge in [0.05, 0.1) is 22.8 Å². The summed E-state index contributed by atoms with van der Waals surface area (Å²) in [6, 6.07) is 7.71. The molecular weight excluding hydrogens is 436 g/mol. The lowest BCUT2D eigenvalue weighted by atomic mass is 9.74. The van der Waals surface area contributed by atoms with Gasteiger partial charge in [0, 0.05) is 25.1 Å². The highest BCUT2D eigenvalue weighted by molar-refractivity contribution is 5.74. The molecule has 2 unspecified atom stereocenters. The van der Waals surface area contributed by atoms with E-state index in [-0.39, 0.29) is 24.8 Å². The van der Waals surface area contributed by atoms with Crippen LogP contribution >= 0.6 is 0 Å². The topological polar surface area (TPSA) is 102 Å². The number of aliphatic carboxylic acids is 1. The molecule has 2 atom stereocenters. The van der Waals surface area contributed by atoms with Crippen LogP contribution in [-0.2, 0) is 16.1 Å². The van der Waals surface area contributed by atoms with E-state index in [1.165, 1.54) is 0 Å². The van der Waals surface area contributed by atoms with Crippen LogP contribution in [0.25, 0.3) is 11.3 Å². The third-order valence-corrected chi connectivity index (χ3v) is 7.35. The van der Waals surface area contributed by atoms with E-state index in [4.69, 9.17) is 14.0 Å². The minimum absolute atomic E-state index is 0.0919. The molecule has 0 bridgehead atoms. The van der Waals surface area contributed by atoms with Crippen LogP contribution in [0.15, 0.2) is 28.8 Å². The van der Waals surface area contributed by atoms with Gasteiger partial charge >= 0.3 is 12.1 Å². The summed E-state index contributed by atoms with van der Waals surface area (Å²) in [6.07, 6.45) is 6.74. The molecule has 184 valence electrons. The van der Waals surface area contributed by atoms with Gasteiger partial charge in [0.1, 0.15) is 12.4 Å². The minimum atomic E-state index is -0.764. The summed E-state index contributed by atoms with van der Waals surface area (Å²) in [4.78, 5) is 25.8. The Balaban J connectivity index is 1.39. The van der Waals surface area contributed by atoms with Crippen molar-refractivity contribution in [3.8, 4) is 17.1 Å². The maximum atomic E-state index is 12.5. The number of carbonyl (C=O) groups excluding carboxylic acids is 1. The number of carbonyl (C=O) groups is 2. The standard InChI is InChI=1S/C26H34N2O6/c1-17-22(16-32-25(31)28(3)19-7-4-5-8-19)23(34-27-17)18-10-12-20(13-11-18)33-21-9-6-14-26(2,15-21)24(29)30/h10-13,19,21H,4-9,14-16H2,1-3H3,(H,29,30). The molecule has 1 N–H and O–H groups in total. The summed E-state index contributed by atoms with van der Waals surface area (Å²) < 4.78 is 17.2. The fourth-order valence-electron chi connectivity index (χ4n) is 5.06. The second kappa shape index (κ2) is 10.1. The number of nitrogens with zero attached hydrogens (tertiary/aromatic N) is 2. The fourth-order valence-corrected chi connectivity index (χ4v) is 5.06. The molecule has 0 saturated heterocycles. The van der Waals surface area contributed by atoms with Crippen molar-refractivity contribution in [2.24, 2.45) is 5.41 Å². The van der Waals surface area contributed by atoms with Crippen molar-refractivity contribution in [2.45, 2.75) is 84.0 Å². The molecule has 2 aliphatic rings. The van der Waals surface area contributed by atoms with Crippen LogP contribution in [0.4, 0.5) is 4.79 Å². The fraction of sp³-hybridized carbons (Fsp3) is 0.577. The van der Waals surface area contributed by atoms with Crippen molar-refractivity contribution in [3.63, 3.8) is 0 Å². The molecule has 1 aromatic carbocycles. The van der Waals surface area contributed by atoms with Gasteiger partial charge in [-0.05, 0) is 70.2 Å². The van der Waals surface area contributed by atoms with Crippen molar-refractivity contribution in [1.82, 2.24) is 10.1 Å². The van der Waals surface area contributed by atoms with Crippen molar-refractivity contribution in [2.75, 3.05) is 7.05 Å². The van der Waals surface area contributed by atoms with E-state index < -0.39 is 11.4 Å². The molecule has 4 rings (SSSR count). The molecule has 2 aliphatic carbocycles.